The van der Waals surface area contributed by atoms with E-state index in [-0.39, 0.29) is 5.91 Å². The summed E-state index contributed by atoms with van der Waals surface area (Å²) >= 11 is 0. The molecular formula is C14H23N3O2. The maximum atomic E-state index is 11.8. The number of nitrogens with two attached hydrogens (primary N) is 1. The van der Waals surface area contributed by atoms with Crippen LogP contribution in [0, 0.1) is 0 Å². The monoisotopic (exact) mass is 265 g/mol. The van der Waals surface area contributed by atoms with Crippen molar-refractivity contribution in [1.29, 1.82) is 0 Å². The lowest BCUT2D eigenvalue weighted by atomic mass is 10.2. The van der Waals surface area contributed by atoms with Gasteiger partial charge in [-0.2, -0.15) is 0 Å². The molecule has 106 valence electrons. The van der Waals surface area contributed by atoms with E-state index in [1.807, 2.05) is 19.2 Å². The quantitative estimate of drug-likeness (QED) is 0.700. The highest BCUT2D eigenvalue weighted by molar-refractivity contribution is 5.93. The highest BCUT2D eigenvalue weighted by atomic mass is 16.5. The van der Waals surface area contributed by atoms with E-state index in [0.717, 1.165) is 19.5 Å². The van der Waals surface area contributed by atoms with Crippen LogP contribution in [-0.4, -0.2) is 44.7 Å². The van der Waals surface area contributed by atoms with Crippen LogP contribution in [-0.2, 0) is 9.53 Å². The first-order valence-corrected chi connectivity index (χ1v) is 6.45. The first-order chi connectivity index (χ1) is 9.13. The number of methoxy groups -OCH3 is 1. The predicted octanol–water partition coefficient (Wildman–Crippen LogP) is 1.57. The van der Waals surface area contributed by atoms with Gasteiger partial charge in [-0.3, -0.25) is 4.79 Å². The summed E-state index contributed by atoms with van der Waals surface area (Å²) in [7, 11) is 3.71. The van der Waals surface area contributed by atoms with Crippen molar-refractivity contribution in [2.45, 2.75) is 12.8 Å². The van der Waals surface area contributed by atoms with Crippen LogP contribution < -0.4 is 11.1 Å². The van der Waals surface area contributed by atoms with Gasteiger partial charge in [-0.25, -0.2) is 0 Å². The second-order valence-electron chi connectivity index (χ2n) is 4.54. The Kier molecular flexibility index (Phi) is 6.92. The zero-order valence-electron chi connectivity index (χ0n) is 11.7. The van der Waals surface area contributed by atoms with Gasteiger partial charge in [0, 0.05) is 20.1 Å². The van der Waals surface area contributed by atoms with Gasteiger partial charge in [0.1, 0.15) is 0 Å². The number of anilines is 2. The molecule has 5 heteroatoms. The molecule has 0 bridgehead atoms. The van der Waals surface area contributed by atoms with Gasteiger partial charge in [0.25, 0.3) is 0 Å². The van der Waals surface area contributed by atoms with Crippen LogP contribution in [0.1, 0.15) is 12.8 Å². The predicted molar refractivity (Wildman–Crippen MR) is 78.1 cm³/mol. The summed E-state index contributed by atoms with van der Waals surface area (Å²) in [6.45, 7) is 2.47. The van der Waals surface area contributed by atoms with Gasteiger partial charge in [0.15, 0.2) is 0 Å². The Labute approximate surface area is 114 Å². The Hall–Kier alpha value is -1.59. The van der Waals surface area contributed by atoms with Crippen LogP contribution in [0.4, 0.5) is 11.4 Å². The average molecular weight is 265 g/mol. The second kappa shape index (κ2) is 8.50. The standard InChI is InChI=1S/C14H23N3O2/c1-17(10-11-19-2)9-5-8-14(18)16-13-7-4-3-6-12(13)15/h3-4,6-7H,5,8-11,15H2,1-2H3,(H,16,18). The van der Waals surface area contributed by atoms with Gasteiger partial charge >= 0.3 is 0 Å². The first-order valence-electron chi connectivity index (χ1n) is 6.45. The molecule has 1 rings (SSSR count). The van der Waals surface area contributed by atoms with Crippen molar-refractivity contribution in [1.82, 2.24) is 4.90 Å². The Morgan fingerprint density at radius 2 is 2.11 bits per heavy atom. The Bertz CT molecular complexity index is 396. The summed E-state index contributed by atoms with van der Waals surface area (Å²) in [5.41, 5.74) is 7.04. The van der Waals surface area contributed by atoms with E-state index in [9.17, 15) is 4.79 Å². The van der Waals surface area contributed by atoms with Crippen molar-refractivity contribution in [3.05, 3.63) is 24.3 Å². The average Bonchev–Trinajstić information content (AvgIpc) is 2.39. The fourth-order valence-corrected chi connectivity index (χ4v) is 1.69. The smallest absolute Gasteiger partial charge is 0.224 e. The topological polar surface area (TPSA) is 67.6 Å². The number of ether oxygens (including phenoxy) is 1. The number of hydrogen-bond donors (Lipinski definition) is 2. The van der Waals surface area contributed by atoms with Crippen LogP contribution in [0.5, 0.6) is 0 Å². The number of nitrogens with one attached hydrogen (secondary N) is 1. The summed E-state index contributed by atoms with van der Waals surface area (Å²) in [6, 6.07) is 7.27. The van der Waals surface area contributed by atoms with Crippen LogP contribution in [0.3, 0.4) is 0 Å². The van der Waals surface area contributed by atoms with Gasteiger partial charge in [-0.05, 0) is 32.1 Å². The minimum absolute atomic E-state index is 0.00181. The van der Waals surface area contributed by atoms with Crippen molar-refractivity contribution in [2.24, 2.45) is 0 Å². The SMILES string of the molecule is COCCN(C)CCCC(=O)Nc1ccccc1N. The summed E-state index contributed by atoms with van der Waals surface area (Å²) in [4.78, 5) is 13.9. The number of nitrogens with zero attached hydrogens (tertiary/aromatic N) is 1. The number of rotatable bonds is 8. The molecule has 0 atom stereocenters. The van der Waals surface area contributed by atoms with Crippen molar-refractivity contribution >= 4 is 17.3 Å². The number of carbonyl (C=O) groups excluding carboxylic acids is 1. The molecule has 0 fully saturated rings. The van der Waals surface area contributed by atoms with E-state index < -0.39 is 0 Å². The minimum Gasteiger partial charge on any atom is -0.397 e. The van der Waals surface area contributed by atoms with Crippen LogP contribution in [0.25, 0.3) is 0 Å². The molecule has 0 saturated heterocycles. The van der Waals surface area contributed by atoms with Crippen LogP contribution >= 0.6 is 0 Å². The molecule has 0 aliphatic rings. The van der Waals surface area contributed by atoms with Gasteiger partial charge in [0.2, 0.25) is 5.91 Å². The molecule has 1 aromatic carbocycles. The number of nitrogen functional groups attached to an aromatic ring is 1. The highest BCUT2D eigenvalue weighted by Crippen LogP contribution is 2.16. The molecule has 0 radical (unpaired) electrons. The largest absolute Gasteiger partial charge is 0.397 e. The normalized spacial score (nSPS) is 10.7. The first kappa shape index (κ1) is 15.5. The highest BCUT2D eigenvalue weighted by Gasteiger charge is 2.05. The molecule has 0 aliphatic carbocycles. The summed E-state index contributed by atoms with van der Waals surface area (Å²) in [5.74, 6) is -0.00181. The summed E-state index contributed by atoms with van der Waals surface area (Å²) in [5, 5.41) is 2.82. The third kappa shape index (κ3) is 6.22. The lowest BCUT2D eigenvalue weighted by Gasteiger charge is -2.15. The van der Waals surface area contributed by atoms with Crippen molar-refractivity contribution in [3.8, 4) is 0 Å². The van der Waals surface area contributed by atoms with E-state index >= 15 is 0 Å². The Morgan fingerprint density at radius 3 is 2.79 bits per heavy atom. The Morgan fingerprint density at radius 1 is 1.37 bits per heavy atom. The lowest BCUT2D eigenvalue weighted by molar-refractivity contribution is -0.116. The maximum absolute atomic E-state index is 11.8. The molecule has 1 aromatic rings. The molecule has 5 nitrogen and oxygen atoms in total. The molecule has 0 saturated carbocycles. The minimum atomic E-state index is -0.00181. The fraction of sp³-hybridized carbons (Fsp3) is 0.500. The fourth-order valence-electron chi connectivity index (χ4n) is 1.69. The number of benzene rings is 1. The van der Waals surface area contributed by atoms with E-state index in [2.05, 4.69) is 10.2 Å². The number of para-hydroxylation sites is 2. The lowest BCUT2D eigenvalue weighted by Crippen LogP contribution is -2.25. The van der Waals surface area contributed by atoms with Gasteiger partial charge in [0.05, 0.1) is 18.0 Å². The molecule has 19 heavy (non-hydrogen) atoms. The number of carbonyl (C=O) groups is 1. The van der Waals surface area contributed by atoms with Crippen LogP contribution in [0.2, 0.25) is 0 Å². The molecule has 0 heterocycles. The van der Waals surface area contributed by atoms with E-state index in [4.69, 9.17) is 10.5 Å². The zero-order chi connectivity index (χ0) is 14.1. The summed E-state index contributed by atoms with van der Waals surface area (Å²) in [6.07, 6.45) is 1.31. The number of amides is 1. The van der Waals surface area contributed by atoms with E-state index in [0.29, 0.717) is 24.4 Å². The van der Waals surface area contributed by atoms with Gasteiger partial charge in [-0.15, -0.1) is 0 Å². The second-order valence-corrected chi connectivity index (χ2v) is 4.54. The molecule has 0 aliphatic heterocycles. The van der Waals surface area contributed by atoms with E-state index in [1.54, 1.807) is 19.2 Å². The van der Waals surface area contributed by atoms with Crippen molar-refractivity contribution in [3.63, 3.8) is 0 Å². The molecule has 0 spiro atoms. The van der Waals surface area contributed by atoms with Gasteiger partial charge in [-0.1, -0.05) is 12.1 Å². The van der Waals surface area contributed by atoms with Crippen molar-refractivity contribution < 1.29 is 9.53 Å². The zero-order valence-corrected chi connectivity index (χ0v) is 11.7. The maximum Gasteiger partial charge on any atom is 0.224 e. The Balaban J connectivity index is 2.23. The molecule has 0 aromatic heterocycles. The number of likely N-dealkylation sites (N-methyl/N-ethyl adjacent to an activating group) is 1. The van der Waals surface area contributed by atoms with Gasteiger partial charge < -0.3 is 20.7 Å². The molecule has 0 unspecified atom stereocenters. The van der Waals surface area contributed by atoms with Crippen molar-refractivity contribution in [2.75, 3.05) is 44.9 Å². The third-order valence-corrected chi connectivity index (χ3v) is 2.86. The summed E-state index contributed by atoms with van der Waals surface area (Å²) < 4.78 is 5.00. The number of hydrogen-bond acceptors (Lipinski definition) is 4. The van der Waals surface area contributed by atoms with E-state index in [1.165, 1.54) is 0 Å². The molecule has 1 amide bonds. The molecular weight excluding hydrogens is 242 g/mol. The van der Waals surface area contributed by atoms with Crippen LogP contribution in [0.15, 0.2) is 24.3 Å². The molecule has 3 N–H and O–H groups in total. The third-order valence-electron chi connectivity index (χ3n) is 2.86.